The third-order valence-electron chi connectivity index (χ3n) is 11.4. The minimum Gasteiger partial charge on any atom is -0.507 e. The molecule has 1 aliphatic carbocycles. The highest BCUT2D eigenvalue weighted by molar-refractivity contribution is 5.76. The summed E-state index contributed by atoms with van der Waals surface area (Å²) in [6, 6.07) is 10.4. The Labute approximate surface area is 260 Å². The molecule has 1 atom stereocenters. The first kappa shape index (κ1) is 28.0. The highest BCUT2D eigenvalue weighted by atomic mass is 16.3. The van der Waals surface area contributed by atoms with E-state index in [1.807, 2.05) is 24.3 Å². The maximum atomic E-state index is 10.3. The second-order valence-corrected chi connectivity index (χ2v) is 13.8. The fourth-order valence-corrected chi connectivity index (χ4v) is 8.63. The van der Waals surface area contributed by atoms with Crippen molar-refractivity contribution in [1.82, 2.24) is 30.4 Å². The van der Waals surface area contributed by atoms with Crippen LogP contribution in [0.3, 0.4) is 0 Å². The highest BCUT2D eigenvalue weighted by Gasteiger charge is 2.39. The Bertz CT molecular complexity index is 1440. The fraction of sp³-hybridized carbons (Fsp3) is 0.588. The van der Waals surface area contributed by atoms with Crippen LogP contribution in [0.25, 0.3) is 11.3 Å². The monoisotopic (exact) mass is 595 g/mol. The Kier molecular flexibility index (Phi) is 7.50. The van der Waals surface area contributed by atoms with Gasteiger partial charge >= 0.3 is 0 Å². The second-order valence-electron chi connectivity index (χ2n) is 13.8. The van der Waals surface area contributed by atoms with Crippen LogP contribution in [0.2, 0.25) is 0 Å². The molecule has 0 radical (unpaired) electrons. The quantitative estimate of drug-likeness (QED) is 0.405. The van der Waals surface area contributed by atoms with Crippen LogP contribution in [0, 0.1) is 5.41 Å². The van der Waals surface area contributed by atoms with E-state index in [0.717, 1.165) is 49.7 Å². The van der Waals surface area contributed by atoms with Crippen molar-refractivity contribution in [2.24, 2.45) is 5.41 Å². The lowest BCUT2D eigenvalue weighted by Crippen LogP contribution is -2.58. The van der Waals surface area contributed by atoms with Gasteiger partial charge in [0.15, 0.2) is 5.82 Å². The number of anilines is 3. The first-order valence-electron chi connectivity index (χ1n) is 16.8. The summed E-state index contributed by atoms with van der Waals surface area (Å²) in [5.74, 6) is 2.41. The lowest BCUT2D eigenvalue weighted by Gasteiger charge is -2.47. The number of rotatable bonds is 4. The molecule has 0 unspecified atom stereocenters. The molecule has 1 spiro atoms. The minimum atomic E-state index is 0.215. The summed E-state index contributed by atoms with van der Waals surface area (Å²) in [6.45, 7) is 8.20. The normalized spacial score (nSPS) is 24.5. The van der Waals surface area contributed by atoms with Gasteiger partial charge in [-0.15, -0.1) is 10.2 Å². The maximum Gasteiger partial charge on any atom is 0.225 e. The Morgan fingerprint density at radius 3 is 2.39 bits per heavy atom. The number of para-hydroxylation sites is 1. The number of phenols is 1. The smallest absolute Gasteiger partial charge is 0.225 e. The molecule has 1 aromatic carbocycles. The SMILES string of the molecule is Oc1ccccc1-c1cc2c(nn1)NC[C@H]1CN(c3ncc(C4CCN(C5CCC6(CCNCC6)CC5)CC4)cn3)CCN21. The number of piperazine rings is 1. The number of piperidine rings is 2. The van der Waals surface area contributed by atoms with E-state index in [9.17, 15) is 5.11 Å². The van der Waals surface area contributed by atoms with E-state index in [1.165, 1.54) is 83.1 Å². The van der Waals surface area contributed by atoms with Crippen LogP contribution in [0.5, 0.6) is 5.75 Å². The number of hydrogen-bond acceptors (Lipinski definition) is 10. The minimum absolute atomic E-state index is 0.215. The molecule has 2 aromatic heterocycles. The highest BCUT2D eigenvalue weighted by Crippen LogP contribution is 2.45. The van der Waals surface area contributed by atoms with Crippen molar-refractivity contribution in [2.75, 3.05) is 67.5 Å². The van der Waals surface area contributed by atoms with Crippen molar-refractivity contribution in [3.05, 3.63) is 48.3 Å². The summed E-state index contributed by atoms with van der Waals surface area (Å²) in [7, 11) is 0. The summed E-state index contributed by atoms with van der Waals surface area (Å²) in [6.07, 6.45) is 15.0. The molecule has 232 valence electrons. The molecule has 3 N–H and O–H groups in total. The van der Waals surface area contributed by atoms with E-state index < -0.39 is 0 Å². The molecule has 4 fully saturated rings. The number of hydrogen-bond donors (Lipinski definition) is 3. The van der Waals surface area contributed by atoms with Crippen molar-refractivity contribution in [3.63, 3.8) is 0 Å². The van der Waals surface area contributed by atoms with E-state index in [2.05, 4.69) is 47.9 Å². The zero-order valence-electron chi connectivity index (χ0n) is 25.7. The maximum absolute atomic E-state index is 10.3. The van der Waals surface area contributed by atoms with Gasteiger partial charge in [-0.05, 0) is 113 Å². The largest absolute Gasteiger partial charge is 0.507 e. The van der Waals surface area contributed by atoms with Crippen LogP contribution in [0.15, 0.2) is 42.7 Å². The van der Waals surface area contributed by atoms with E-state index in [1.54, 1.807) is 6.07 Å². The zero-order valence-corrected chi connectivity index (χ0v) is 25.7. The van der Waals surface area contributed by atoms with Crippen LogP contribution >= 0.6 is 0 Å². The van der Waals surface area contributed by atoms with Crippen molar-refractivity contribution >= 4 is 17.5 Å². The van der Waals surface area contributed by atoms with Crippen LogP contribution < -0.4 is 20.4 Å². The van der Waals surface area contributed by atoms with Gasteiger partial charge in [0.25, 0.3) is 0 Å². The molecule has 1 saturated carbocycles. The Morgan fingerprint density at radius 2 is 1.61 bits per heavy atom. The Balaban J connectivity index is 0.866. The summed E-state index contributed by atoms with van der Waals surface area (Å²) in [4.78, 5) is 17.3. The molecule has 10 nitrogen and oxygen atoms in total. The predicted molar refractivity (Wildman–Crippen MR) is 173 cm³/mol. The molecule has 0 amide bonds. The van der Waals surface area contributed by atoms with Crippen molar-refractivity contribution in [2.45, 2.75) is 69.4 Å². The summed E-state index contributed by atoms with van der Waals surface area (Å²) in [5.41, 5.74) is 4.36. The van der Waals surface area contributed by atoms with Gasteiger partial charge in [-0.3, -0.25) is 0 Å². The van der Waals surface area contributed by atoms with Crippen LogP contribution in [0.1, 0.15) is 62.8 Å². The van der Waals surface area contributed by atoms with E-state index >= 15 is 0 Å². The number of nitrogens with zero attached hydrogens (tertiary/aromatic N) is 7. The average Bonchev–Trinajstić information content (AvgIpc) is 3.09. The van der Waals surface area contributed by atoms with Crippen molar-refractivity contribution < 1.29 is 5.11 Å². The van der Waals surface area contributed by atoms with Crippen LogP contribution in [-0.4, -0.2) is 94.6 Å². The number of nitrogens with one attached hydrogen (secondary N) is 2. The van der Waals surface area contributed by atoms with Gasteiger partial charge in [-0.2, -0.15) is 0 Å². The fourth-order valence-electron chi connectivity index (χ4n) is 8.63. The molecular weight excluding hydrogens is 550 g/mol. The number of aromatic nitrogens is 4. The number of fused-ring (bicyclic) bond motifs is 3. The molecule has 6 heterocycles. The van der Waals surface area contributed by atoms with Gasteiger partial charge in [0.05, 0.1) is 17.4 Å². The molecule has 5 aliphatic rings. The Morgan fingerprint density at radius 1 is 0.841 bits per heavy atom. The van der Waals surface area contributed by atoms with Gasteiger partial charge in [-0.25, -0.2) is 9.97 Å². The van der Waals surface area contributed by atoms with Crippen LogP contribution in [0.4, 0.5) is 17.5 Å². The summed E-state index contributed by atoms with van der Waals surface area (Å²) < 4.78 is 0. The average molecular weight is 596 g/mol. The van der Waals surface area contributed by atoms with Crippen molar-refractivity contribution in [1.29, 1.82) is 0 Å². The third-order valence-corrected chi connectivity index (χ3v) is 11.4. The number of aromatic hydroxyl groups is 1. The molecular formula is C34H45N9O. The van der Waals surface area contributed by atoms with E-state index in [0.29, 0.717) is 22.6 Å². The standard InChI is InChI=1S/C34H45N9O/c44-31-4-2-1-3-28(31)29-19-30-32(40-39-29)36-22-27-23-42(17-18-43(27)30)33-37-20-25(21-38-33)24-7-15-41(16-8-24)26-5-9-34(10-6-26)11-13-35-14-12-34/h1-4,19-21,24,26-27,35,44H,5-18,22-23H2,(H,36,40)/t27-/m0/s1. The second kappa shape index (κ2) is 11.8. The molecule has 0 bridgehead atoms. The van der Waals surface area contributed by atoms with Gasteiger partial charge in [-0.1, -0.05) is 12.1 Å². The van der Waals surface area contributed by atoms with Gasteiger partial charge in [0.2, 0.25) is 5.95 Å². The molecule has 10 heteroatoms. The number of likely N-dealkylation sites (tertiary alicyclic amines) is 1. The number of benzene rings is 1. The van der Waals surface area contributed by atoms with Crippen LogP contribution in [-0.2, 0) is 0 Å². The first-order chi connectivity index (χ1) is 21.6. The third kappa shape index (κ3) is 5.36. The number of phenolic OH excluding ortho intramolecular Hbond substituents is 1. The molecule has 3 aromatic rings. The lowest BCUT2D eigenvalue weighted by atomic mass is 9.67. The zero-order chi connectivity index (χ0) is 29.5. The molecule has 44 heavy (non-hydrogen) atoms. The van der Waals surface area contributed by atoms with E-state index in [4.69, 9.17) is 9.97 Å². The predicted octanol–water partition coefficient (Wildman–Crippen LogP) is 4.25. The molecule has 4 aliphatic heterocycles. The van der Waals surface area contributed by atoms with Gasteiger partial charge in [0.1, 0.15) is 5.75 Å². The summed E-state index contributed by atoms with van der Waals surface area (Å²) >= 11 is 0. The van der Waals surface area contributed by atoms with Crippen molar-refractivity contribution in [3.8, 4) is 17.0 Å². The van der Waals surface area contributed by atoms with Gasteiger partial charge < -0.3 is 30.4 Å². The Hall–Kier alpha value is -3.50. The van der Waals surface area contributed by atoms with Gasteiger partial charge in [0, 0.05) is 50.2 Å². The lowest BCUT2D eigenvalue weighted by molar-refractivity contribution is 0.0533. The molecule has 8 rings (SSSR count). The topological polar surface area (TPSA) is 106 Å². The molecule has 3 saturated heterocycles. The van der Waals surface area contributed by atoms with E-state index in [-0.39, 0.29) is 11.8 Å². The first-order valence-corrected chi connectivity index (χ1v) is 16.8. The summed E-state index contributed by atoms with van der Waals surface area (Å²) in [5, 5.41) is 26.2.